The van der Waals surface area contributed by atoms with E-state index in [1.807, 2.05) is 49.2 Å². The van der Waals surface area contributed by atoms with Crippen LogP contribution in [0.3, 0.4) is 0 Å². The van der Waals surface area contributed by atoms with E-state index in [1.54, 1.807) is 0 Å². The molecule has 0 fully saturated rings. The SMILES string of the molecule is Cc1ccc2cnn(CCC(=O)NC(CCN(C)C)c3ccc(Cl)cc3)c2c1. The Labute approximate surface area is 171 Å². The number of aromatic nitrogens is 2. The summed E-state index contributed by atoms with van der Waals surface area (Å²) in [7, 11) is 4.07. The van der Waals surface area contributed by atoms with E-state index in [0.29, 0.717) is 18.0 Å². The molecule has 148 valence electrons. The zero-order chi connectivity index (χ0) is 20.1. The van der Waals surface area contributed by atoms with Gasteiger partial charge >= 0.3 is 0 Å². The number of amides is 1. The lowest BCUT2D eigenvalue weighted by Gasteiger charge is -2.21. The second-order valence-electron chi connectivity index (χ2n) is 7.44. The number of halogens is 1. The first-order chi connectivity index (χ1) is 13.4. The number of benzene rings is 2. The predicted molar refractivity (Wildman–Crippen MR) is 115 cm³/mol. The van der Waals surface area contributed by atoms with Gasteiger partial charge < -0.3 is 10.2 Å². The third kappa shape index (κ3) is 5.33. The Morgan fingerprint density at radius 3 is 2.68 bits per heavy atom. The van der Waals surface area contributed by atoms with Crippen molar-refractivity contribution < 1.29 is 4.79 Å². The quantitative estimate of drug-likeness (QED) is 0.618. The molecule has 2 aromatic carbocycles. The van der Waals surface area contributed by atoms with Crippen molar-refractivity contribution >= 4 is 28.4 Å². The van der Waals surface area contributed by atoms with Gasteiger partial charge in [-0.15, -0.1) is 0 Å². The molecule has 0 aliphatic carbocycles. The van der Waals surface area contributed by atoms with E-state index >= 15 is 0 Å². The molecule has 1 amide bonds. The highest BCUT2D eigenvalue weighted by atomic mass is 35.5. The number of rotatable bonds is 8. The minimum atomic E-state index is -0.0382. The summed E-state index contributed by atoms with van der Waals surface area (Å²) in [6.45, 7) is 3.50. The summed E-state index contributed by atoms with van der Waals surface area (Å²) < 4.78 is 1.90. The van der Waals surface area contributed by atoms with Crippen LogP contribution in [-0.4, -0.2) is 41.2 Å². The van der Waals surface area contributed by atoms with Crippen LogP contribution in [0.25, 0.3) is 10.9 Å². The van der Waals surface area contributed by atoms with E-state index in [-0.39, 0.29) is 11.9 Å². The molecule has 28 heavy (non-hydrogen) atoms. The number of nitrogens with one attached hydrogen (secondary N) is 1. The van der Waals surface area contributed by atoms with Crippen LogP contribution in [0.4, 0.5) is 0 Å². The molecule has 0 spiro atoms. The molecule has 1 N–H and O–H groups in total. The molecule has 3 rings (SSSR count). The fourth-order valence-corrected chi connectivity index (χ4v) is 3.36. The fourth-order valence-electron chi connectivity index (χ4n) is 3.24. The first-order valence-corrected chi connectivity index (χ1v) is 9.92. The fraction of sp³-hybridized carbons (Fsp3) is 0.364. The van der Waals surface area contributed by atoms with Gasteiger partial charge in [0.05, 0.1) is 24.3 Å². The minimum Gasteiger partial charge on any atom is -0.349 e. The van der Waals surface area contributed by atoms with Crippen molar-refractivity contribution in [3.05, 3.63) is 64.8 Å². The molecule has 0 aliphatic heterocycles. The maximum atomic E-state index is 12.6. The lowest BCUT2D eigenvalue weighted by Crippen LogP contribution is -2.31. The Kier molecular flexibility index (Phi) is 6.70. The standard InChI is InChI=1S/C22H27ClN4O/c1-16-4-5-18-15-24-27(21(18)14-16)13-11-22(28)25-20(10-12-26(2)3)17-6-8-19(23)9-7-17/h4-9,14-15,20H,10-13H2,1-3H3,(H,25,28). The summed E-state index contributed by atoms with van der Waals surface area (Å²) in [5.41, 5.74) is 3.32. The van der Waals surface area contributed by atoms with Crippen LogP contribution in [0.2, 0.25) is 5.02 Å². The van der Waals surface area contributed by atoms with Gasteiger partial charge in [0.15, 0.2) is 0 Å². The lowest BCUT2D eigenvalue weighted by atomic mass is 10.0. The summed E-state index contributed by atoms with van der Waals surface area (Å²) >= 11 is 6.01. The number of nitrogens with zero attached hydrogens (tertiary/aromatic N) is 3. The van der Waals surface area contributed by atoms with Crippen molar-refractivity contribution in [1.82, 2.24) is 20.0 Å². The molecule has 1 aromatic heterocycles. The molecular formula is C22H27ClN4O. The molecule has 1 heterocycles. The van der Waals surface area contributed by atoms with Crippen molar-refractivity contribution in [3.63, 3.8) is 0 Å². The van der Waals surface area contributed by atoms with Gasteiger partial charge in [-0.25, -0.2) is 0 Å². The molecule has 0 aliphatic rings. The van der Waals surface area contributed by atoms with Gasteiger partial charge in [0.25, 0.3) is 0 Å². The summed E-state index contributed by atoms with van der Waals surface area (Å²) in [5.74, 6) is 0.0232. The summed E-state index contributed by atoms with van der Waals surface area (Å²) in [4.78, 5) is 14.8. The predicted octanol–water partition coefficient (Wildman–Crippen LogP) is 4.20. The molecule has 3 aromatic rings. The third-order valence-electron chi connectivity index (χ3n) is 4.82. The van der Waals surface area contributed by atoms with E-state index in [4.69, 9.17) is 11.6 Å². The van der Waals surface area contributed by atoms with Gasteiger partial charge in [-0.05, 0) is 63.3 Å². The normalized spacial score (nSPS) is 12.5. The zero-order valence-corrected chi connectivity index (χ0v) is 17.4. The van der Waals surface area contributed by atoms with Crippen molar-refractivity contribution in [2.75, 3.05) is 20.6 Å². The zero-order valence-electron chi connectivity index (χ0n) is 16.7. The summed E-state index contributed by atoms with van der Waals surface area (Å²) in [6.07, 6.45) is 3.07. The average Bonchev–Trinajstić information content (AvgIpc) is 3.06. The minimum absolute atomic E-state index is 0.0232. The van der Waals surface area contributed by atoms with Gasteiger partial charge in [-0.2, -0.15) is 5.10 Å². The Balaban J connectivity index is 1.65. The Hall–Kier alpha value is -2.37. The number of fused-ring (bicyclic) bond motifs is 1. The van der Waals surface area contributed by atoms with Crippen molar-refractivity contribution in [3.8, 4) is 0 Å². The first-order valence-electron chi connectivity index (χ1n) is 9.54. The van der Waals surface area contributed by atoms with E-state index in [2.05, 4.69) is 40.4 Å². The Morgan fingerprint density at radius 2 is 1.96 bits per heavy atom. The maximum absolute atomic E-state index is 12.6. The van der Waals surface area contributed by atoms with E-state index in [1.165, 1.54) is 5.56 Å². The van der Waals surface area contributed by atoms with Crippen LogP contribution in [0.15, 0.2) is 48.7 Å². The van der Waals surface area contributed by atoms with Crippen LogP contribution in [0.5, 0.6) is 0 Å². The number of hydrogen-bond donors (Lipinski definition) is 1. The number of hydrogen-bond acceptors (Lipinski definition) is 3. The number of carbonyl (C=O) groups is 1. The molecule has 0 radical (unpaired) electrons. The highest BCUT2D eigenvalue weighted by molar-refractivity contribution is 6.30. The van der Waals surface area contributed by atoms with E-state index in [9.17, 15) is 4.79 Å². The van der Waals surface area contributed by atoms with E-state index in [0.717, 1.165) is 29.4 Å². The first kappa shape index (κ1) is 20.4. The van der Waals surface area contributed by atoms with Crippen LogP contribution in [0.1, 0.15) is 30.0 Å². The number of aryl methyl sites for hydroxylation is 2. The average molecular weight is 399 g/mol. The molecule has 1 unspecified atom stereocenters. The van der Waals surface area contributed by atoms with Crippen LogP contribution in [-0.2, 0) is 11.3 Å². The van der Waals surface area contributed by atoms with Gasteiger partial charge in [0.2, 0.25) is 5.91 Å². The summed E-state index contributed by atoms with van der Waals surface area (Å²) in [6, 6.07) is 13.9. The van der Waals surface area contributed by atoms with E-state index < -0.39 is 0 Å². The van der Waals surface area contributed by atoms with Crippen LogP contribution in [0, 0.1) is 6.92 Å². The highest BCUT2D eigenvalue weighted by Gasteiger charge is 2.15. The number of carbonyl (C=O) groups excluding carboxylic acids is 1. The lowest BCUT2D eigenvalue weighted by molar-refractivity contribution is -0.122. The maximum Gasteiger partial charge on any atom is 0.222 e. The van der Waals surface area contributed by atoms with Gasteiger partial charge in [0.1, 0.15) is 0 Å². The van der Waals surface area contributed by atoms with Crippen molar-refractivity contribution in [2.45, 2.75) is 32.4 Å². The molecule has 0 saturated carbocycles. The van der Waals surface area contributed by atoms with Crippen molar-refractivity contribution in [2.24, 2.45) is 0 Å². The molecule has 5 nitrogen and oxygen atoms in total. The Morgan fingerprint density at radius 1 is 1.21 bits per heavy atom. The van der Waals surface area contributed by atoms with Gasteiger partial charge in [-0.3, -0.25) is 9.48 Å². The van der Waals surface area contributed by atoms with Gasteiger partial charge in [-0.1, -0.05) is 35.9 Å². The van der Waals surface area contributed by atoms with Crippen molar-refractivity contribution in [1.29, 1.82) is 0 Å². The second kappa shape index (κ2) is 9.22. The molecule has 6 heteroatoms. The molecular weight excluding hydrogens is 372 g/mol. The largest absolute Gasteiger partial charge is 0.349 e. The Bertz CT molecular complexity index is 933. The molecule has 0 saturated heterocycles. The molecule has 0 bridgehead atoms. The van der Waals surface area contributed by atoms with Gasteiger partial charge in [0, 0.05) is 16.8 Å². The monoisotopic (exact) mass is 398 g/mol. The topological polar surface area (TPSA) is 50.2 Å². The highest BCUT2D eigenvalue weighted by Crippen LogP contribution is 2.20. The smallest absolute Gasteiger partial charge is 0.222 e. The van der Waals surface area contributed by atoms with Crippen LogP contribution < -0.4 is 5.32 Å². The van der Waals surface area contributed by atoms with Crippen LogP contribution >= 0.6 is 11.6 Å². The summed E-state index contributed by atoms with van der Waals surface area (Å²) in [5, 5.41) is 9.40. The second-order valence-corrected chi connectivity index (χ2v) is 7.88. The third-order valence-corrected chi connectivity index (χ3v) is 5.08. The molecule has 1 atom stereocenters.